The van der Waals surface area contributed by atoms with Gasteiger partial charge >= 0.3 is 0 Å². The zero-order valence-electron chi connectivity index (χ0n) is 19.4. The Balaban J connectivity index is 1.29. The third kappa shape index (κ3) is 4.53. The summed E-state index contributed by atoms with van der Waals surface area (Å²) < 4.78 is 11.1. The van der Waals surface area contributed by atoms with Gasteiger partial charge in [0.05, 0.1) is 18.4 Å². The fourth-order valence-electron chi connectivity index (χ4n) is 4.22. The third-order valence-electron chi connectivity index (χ3n) is 6.21. The zero-order valence-corrected chi connectivity index (χ0v) is 19.4. The number of anilines is 2. The molecule has 1 aliphatic rings. The van der Waals surface area contributed by atoms with Gasteiger partial charge in [-0.05, 0) is 61.5 Å². The van der Waals surface area contributed by atoms with Crippen LogP contribution in [0.15, 0.2) is 82.0 Å². The van der Waals surface area contributed by atoms with Gasteiger partial charge in [-0.15, -0.1) is 0 Å². The maximum atomic E-state index is 12.8. The number of ether oxygens (including phenoxy) is 1. The van der Waals surface area contributed by atoms with Gasteiger partial charge in [0, 0.05) is 36.0 Å². The number of amides is 2. The molecule has 0 spiro atoms. The van der Waals surface area contributed by atoms with Crippen LogP contribution in [0.25, 0.3) is 22.3 Å². The Morgan fingerprint density at radius 3 is 2.46 bits per heavy atom. The molecule has 4 aromatic rings. The van der Waals surface area contributed by atoms with Crippen LogP contribution >= 0.6 is 0 Å². The Morgan fingerprint density at radius 2 is 1.74 bits per heavy atom. The number of nitrogens with zero attached hydrogens (tertiary/aromatic N) is 1. The fraction of sp³-hybridized carbons (Fsp3) is 0.179. The zero-order chi connectivity index (χ0) is 24.5. The van der Waals surface area contributed by atoms with Gasteiger partial charge in [-0.1, -0.05) is 17.7 Å². The van der Waals surface area contributed by atoms with Crippen molar-refractivity contribution in [1.82, 2.24) is 0 Å². The van der Waals surface area contributed by atoms with Gasteiger partial charge in [0.25, 0.3) is 0 Å². The molecule has 0 radical (unpaired) electrons. The smallest absolute Gasteiger partial charge is 0.229 e. The molecule has 1 aliphatic heterocycles. The first-order valence-corrected chi connectivity index (χ1v) is 11.3. The summed E-state index contributed by atoms with van der Waals surface area (Å²) in [7, 11) is 1.54. The lowest BCUT2D eigenvalue weighted by Gasteiger charge is -2.17. The van der Waals surface area contributed by atoms with Crippen molar-refractivity contribution in [1.29, 1.82) is 0 Å². The third-order valence-corrected chi connectivity index (χ3v) is 6.21. The van der Waals surface area contributed by atoms with E-state index in [1.54, 1.807) is 54.5 Å². The Hall–Kier alpha value is -4.39. The van der Waals surface area contributed by atoms with Crippen LogP contribution in [-0.2, 0) is 9.59 Å². The van der Waals surface area contributed by atoms with E-state index in [-0.39, 0.29) is 23.7 Å². The topological polar surface area (TPSA) is 88.8 Å². The molecule has 0 bridgehead atoms. The number of benzene rings is 3. The second-order valence-corrected chi connectivity index (χ2v) is 8.64. The normalized spacial score (nSPS) is 15.4. The standard InChI is InChI=1S/C28H24N2O5/c1-17-3-9-21(10-4-17)30-16-19(13-27(30)32)28(33)29-20-7-5-18(6-8-20)26-15-24(31)23-14-22(34-2)11-12-25(23)35-26/h3-12,14-15,19H,13,16H2,1-2H3,(H,29,33). The number of fused-ring (bicyclic) bond motifs is 1. The van der Waals surface area contributed by atoms with Crippen molar-refractivity contribution < 1.29 is 18.7 Å². The van der Waals surface area contributed by atoms with E-state index in [0.29, 0.717) is 40.3 Å². The summed E-state index contributed by atoms with van der Waals surface area (Å²) in [6.45, 7) is 2.33. The molecule has 35 heavy (non-hydrogen) atoms. The van der Waals surface area contributed by atoms with Gasteiger partial charge in [0.2, 0.25) is 11.8 Å². The number of aryl methyl sites for hydroxylation is 1. The van der Waals surface area contributed by atoms with Crippen LogP contribution in [-0.4, -0.2) is 25.5 Å². The molecule has 176 valence electrons. The molecule has 7 heteroatoms. The monoisotopic (exact) mass is 468 g/mol. The van der Waals surface area contributed by atoms with Crippen LogP contribution in [0.4, 0.5) is 11.4 Å². The Morgan fingerprint density at radius 1 is 1.00 bits per heavy atom. The first-order chi connectivity index (χ1) is 16.9. The molecule has 1 atom stereocenters. The van der Waals surface area contributed by atoms with Gasteiger partial charge in [0.1, 0.15) is 17.1 Å². The van der Waals surface area contributed by atoms with Crippen LogP contribution in [0.5, 0.6) is 5.75 Å². The fourth-order valence-corrected chi connectivity index (χ4v) is 4.22. The molecule has 7 nitrogen and oxygen atoms in total. The van der Waals surface area contributed by atoms with E-state index in [1.165, 1.54) is 6.07 Å². The summed E-state index contributed by atoms with van der Waals surface area (Å²) >= 11 is 0. The molecule has 0 saturated carbocycles. The lowest BCUT2D eigenvalue weighted by atomic mass is 10.1. The van der Waals surface area contributed by atoms with Crippen molar-refractivity contribution in [2.24, 2.45) is 5.92 Å². The summed E-state index contributed by atoms with van der Waals surface area (Å²) in [6.07, 6.45) is 0.171. The first kappa shape index (κ1) is 22.4. The molecule has 1 aromatic heterocycles. The highest BCUT2D eigenvalue weighted by atomic mass is 16.5. The van der Waals surface area contributed by atoms with Crippen LogP contribution < -0.4 is 20.4 Å². The van der Waals surface area contributed by atoms with Crippen molar-refractivity contribution in [3.8, 4) is 17.1 Å². The van der Waals surface area contributed by atoms with Gasteiger partial charge in [0.15, 0.2) is 5.43 Å². The number of rotatable bonds is 5. The van der Waals surface area contributed by atoms with Gasteiger partial charge in [-0.3, -0.25) is 14.4 Å². The lowest BCUT2D eigenvalue weighted by Crippen LogP contribution is -2.28. The molecule has 1 unspecified atom stereocenters. The Labute approximate surface area is 201 Å². The van der Waals surface area contributed by atoms with E-state index in [1.807, 2.05) is 31.2 Å². The summed E-state index contributed by atoms with van der Waals surface area (Å²) in [4.78, 5) is 39.5. The van der Waals surface area contributed by atoms with Crippen molar-refractivity contribution in [2.45, 2.75) is 13.3 Å². The minimum Gasteiger partial charge on any atom is -0.497 e. The van der Waals surface area contributed by atoms with Gasteiger partial charge < -0.3 is 19.4 Å². The highest BCUT2D eigenvalue weighted by Crippen LogP contribution is 2.28. The number of methoxy groups -OCH3 is 1. The minimum absolute atomic E-state index is 0.0618. The molecule has 1 saturated heterocycles. The second kappa shape index (κ2) is 9.10. The van der Waals surface area contributed by atoms with Gasteiger partial charge in [-0.2, -0.15) is 0 Å². The highest BCUT2D eigenvalue weighted by molar-refractivity contribution is 6.03. The number of nitrogens with one attached hydrogen (secondary N) is 1. The maximum Gasteiger partial charge on any atom is 0.229 e. The van der Waals surface area contributed by atoms with E-state index < -0.39 is 5.92 Å². The maximum absolute atomic E-state index is 12.8. The summed E-state index contributed by atoms with van der Waals surface area (Å²) in [6, 6.07) is 21.3. The predicted molar refractivity (Wildman–Crippen MR) is 135 cm³/mol. The Bertz CT molecular complexity index is 1470. The van der Waals surface area contributed by atoms with Crippen LogP contribution in [0, 0.1) is 12.8 Å². The van der Waals surface area contributed by atoms with Crippen molar-refractivity contribution in [2.75, 3.05) is 23.9 Å². The highest BCUT2D eigenvalue weighted by Gasteiger charge is 2.35. The average molecular weight is 469 g/mol. The molecular formula is C28H24N2O5. The molecule has 1 fully saturated rings. The van der Waals surface area contributed by atoms with Crippen LogP contribution in [0.1, 0.15) is 12.0 Å². The van der Waals surface area contributed by atoms with E-state index in [9.17, 15) is 14.4 Å². The van der Waals surface area contributed by atoms with E-state index in [4.69, 9.17) is 9.15 Å². The van der Waals surface area contributed by atoms with E-state index in [0.717, 1.165) is 11.3 Å². The van der Waals surface area contributed by atoms with Crippen molar-refractivity contribution in [3.05, 3.63) is 88.6 Å². The minimum atomic E-state index is -0.431. The summed E-state index contributed by atoms with van der Waals surface area (Å²) in [5.74, 6) is 0.323. The quantitative estimate of drug-likeness (QED) is 0.456. The van der Waals surface area contributed by atoms with Crippen molar-refractivity contribution in [3.63, 3.8) is 0 Å². The summed E-state index contributed by atoms with van der Waals surface area (Å²) in [5, 5.41) is 3.34. The van der Waals surface area contributed by atoms with Crippen molar-refractivity contribution >= 4 is 34.2 Å². The molecule has 2 amide bonds. The molecule has 1 N–H and O–H groups in total. The predicted octanol–water partition coefficient (Wildman–Crippen LogP) is 4.77. The number of carbonyl (C=O) groups excluding carboxylic acids is 2. The summed E-state index contributed by atoms with van der Waals surface area (Å²) in [5.41, 5.74) is 3.53. The largest absolute Gasteiger partial charge is 0.497 e. The van der Waals surface area contributed by atoms with E-state index >= 15 is 0 Å². The molecule has 3 aromatic carbocycles. The second-order valence-electron chi connectivity index (χ2n) is 8.64. The van der Waals surface area contributed by atoms with Crippen LogP contribution in [0.2, 0.25) is 0 Å². The Kier molecular flexibility index (Phi) is 5.82. The van der Waals surface area contributed by atoms with Crippen LogP contribution in [0.3, 0.4) is 0 Å². The number of hydrogen-bond donors (Lipinski definition) is 1. The number of carbonyl (C=O) groups is 2. The molecule has 2 heterocycles. The number of hydrogen-bond acceptors (Lipinski definition) is 5. The molecule has 0 aliphatic carbocycles. The average Bonchev–Trinajstić information content (AvgIpc) is 3.26. The molecule has 5 rings (SSSR count). The van der Waals surface area contributed by atoms with E-state index in [2.05, 4.69) is 5.32 Å². The SMILES string of the molecule is COc1ccc2oc(-c3ccc(NC(=O)C4CC(=O)N(c5ccc(C)cc5)C4)cc3)cc(=O)c2c1. The first-order valence-electron chi connectivity index (χ1n) is 11.3. The molecular weight excluding hydrogens is 444 g/mol. The lowest BCUT2D eigenvalue weighted by molar-refractivity contribution is -0.122. The van der Waals surface area contributed by atoms with Gasteiger partial charge in [-0.25, -0.2) is 0 Å².